The van der Waals surface area contributed by atoms with Crippen LogP contribution in [0.15, 0.2) is 30.3 Å². The van der Waals surface area contributed by atoms with Gasteiger partial charge in [-0.05, 0) is 43.9 Å². The van der Waals surface area contributed by atoms with Crippen LogP contribution in [-0.2, 0) is 7.05 Å². The van der Waals surface area contributed by atoms with E-state index in [-0.39, 0.29) is 11.8 Å². The summed E-state index contributed by atoms with van der Waals surface area (Å²) >= 11 is 0. The van der Waals surface area contributed by atoms with Crippen molar-refractivity contribution in [3.8, 4) is 0 Å². The van der Waals surface area contributed by atoms with Gasteiger partial charge in [0.1, 0.15) is 5.82 Å². The number of hydrogen-bond donors (Lipinski definition) is 1. The Labute approximate surface area is 152 Å². The number of carbonyl (C=O) groups is 1. The number of H-pyrrole nitrogens is 1. The Morgan fingerprint density at radius 1 is 1.19 bits per heavy atom. The van der Waals surface area contributed by atoms with Crippen molar-refractivity contribution in [1.29, 1.82) is 0 Å². The molecule has 1 saturated carbocycles. The molecule has 1 aliphatic carbocycles. The number of amides is 1. The monoisotopic (exact) mass is 349 g/mol. The molecule has 1 amide bonds. The minimum Gasteiger partial charge on any atom is -0.342 e. The molecule has 1 unspecified atom stereocenters. The fraction of sp³-hybridized carbons (Fsp3) is 0.450. The second-order valence-electron chi connectivity index (χ2n) is 7.58. The van der Waals surface area contributed by atoms with Gasteiger partial charge in [0.05, 0.1) is 11.0 Å². The summed E-state index contributed by atoms with van der Waals surface area (Å²) in [4.78, 5) is 23.1. The molecule has 0 spiro atoms. The number of likely N-dealkylation sites (tertiary alicyclic amines) is 1. The Kier molecular flexibility index (Phi) is 3.58. The first kappa shape index (κ1) is 15.6. The highest BCUT2D eigenvalue weighted by Gasteiger charge is 2.31. The topological polar surface area (TPSA) is 66.8 Å². The lowest BCUT2D eigenvalue weighted by molar-refractivity contribution is 0.0698. The molecule has 1 N–H and O–H groups in total. The number of aromatic amines is 1. The zero-order chi connectivity index (χ0) is 17.7. The third-order valence-corrected chi connectivity index (χ3v) is 5.63. The van der Waals surface area contributed by atoms with Gasteiger partial charge in [0.25, 0.3) is 5.91 Å². The second kappa shape index (κ2) is 5.97. The molecule has 3 heterocycles. The van der Waals surface area contributed by atoms with E-state index in [0.717, 1.165) is 36.2 Å². The van der Waals surface area contributed by atoms with Crippen LogP contribution < -0.4 is 0 Å². The molecule has 1 aromatic carbocycles. The fourth-order valence-corrected chi connectivity index (χ4v) is 4.06. The second-order valence-corrected chi connectivity index (χ2v) is 7.58. The van der Waals surface area contributed by atoms with Crippen LogP contribution in [0.25, 0.3) is 11.0 Å². The lowest BCUT2D eigenvalue weighted by Gasteiger charge is -2.31. The van der Waals surface area contributed by atoms with E-state index in [1.165, 1.54) is 18.5 Å². The maximum atomic E-state index is 13.0. The standard InChI is InChI=1S/C20H23N5O/c1-24-18(13-8-9-13)11-17(23-24)20(26)25-10-4-5-14(12-25)19-21-15-6-2-3-7-16(15)22-19/h2-3,6-7,11,13-14H,4-5,8-10,12H2,1H3,(H,21,22). The normalized spacial score (nSPS) is 20.7. The van der Waals surface area contributed by atoms with Crippen molar-refractivity contribution in [2.75, 3.05) is 13.1 Å². The van der Waals surface area contributed by atoms with E-state index in [1.54, 1.807) is 0 Å². The van der Waals surface area contributed by atoms with Crippen LogP contribution in [0.2, 0.25) is 0 Å². The van der Waals surface area contributed by atoms with Gasteiger partial charge < -0.3 is 9.88 Å². The first-order valence-corrected chi connectivity index (χ1v) is 9.47. The Balaban J connectivity index is 1.36. The number of fused-ring (bicyclic) bond motifs is 1. The molecule has 2 aromatic heterocycles. The Morgan fingerprint density at radius 2 is 2.04 bits per heavy atom. The van der Waals surface area contributed by atoms with Gasteiger partial charge in [-0.1, -0.05) is 12.1 Å². The average Bonchev–Trinajstić information content (AvgIpc) is 3.29. The molecule has 2 fully saturated rings. The van der Waals surface area contributed by atoms with E-state index in [9.17, 15) is 4.79 Å². The lowest BCUT2D eigenvalue weighted by atomic mass is 9.97. The van der Waals surface area contributed by atoms with Crippen LogP contribution in [0.1, 0.15) is 59.5 Å². The van der Waals surface area contributed by atoms with Crippen molar-refractivity contribution in [3.63, 3.8) is 0 Å². The summed E-state index contributed by atoms with van der Waals surface area (Å²) in [5.41, 5.74) is 3.83. The van der Waals surface area contributed by atoms with Crippen molar-refractivity contribution >= 4 is 16.9 Å². The van der Waals surface area contributed by atoms with Crippen molar-refractivity contribution in [1.82, 2.24) is 24.6 Å². The third-order valence-electron chi connectivity index (χ3n) is 5.63. The van der Waals surface area contributed by atoms with E-state index in [0.29, 0.717) is 18.2 Å². The fourth-order valence-electron chi connectivity index (χ4n) is 4.06. The number of nitrogens with zero attached hydrogens (tertiary/aromatic N) is 4. The van der Waals surface area contributed by atoms with Crippen LogP contribution in [0.5, 0.6) is 0 Å². The summed E-state index contributed by atoms with van der Waals surface area (Å²) in [7, 11) is 1.94. The molecular formula is C20H23N5O. The smallest absolute Gasteiger partial charge is 0.274 e. The maximum absolute atomic E-state index is 13.0. The number of para-hydroxylation sites is 2. The third kappa shape index (κ3) is 2.69. The van der Waals surface area contributed by atoms with E-state index < -0.39 is 0 Å². The number of piperidine rings is 1. The van der Waals surface area contributed by atoms with Crippen molar-refractivity contribution in [3.05, 3.63) is 47.5 Å². The predicted octanol–water partition coefficient (Wildman–Crippen LogP) is 3.19. The van der Waals surface area contributed by atoms with Gasteiger partial charge in [0, 0.05) is 37.7 Å². The van der Waals surface area contributed by atoms with E-state index in [1.807, 2.05) is 47.0 Å². The highest BCUT2D eigenvalue weighted by molar-refractivity contribution is 5.92. The molecule has 2 aliphatic rings. The molecule has 1 saturated heterocycles. The number of benzene rings is 1. The number of aryl methyl sites for hydroxylation is 1. The average molecular weight is 349 g/mol. The number of aromatic nitrogens is 4. The van der Waals surface area contributed by atoms with Crippen LogP contribution in [0, 0.1) is 0 Å². The predicted molar refractivity (Wildman–Crippen MR) is 99.2 cm³/mol. The van der Waals surface area contributed by atoms with E-state index in [4.69, 9.17) is 4.98 Å². The molecular weight excluding hydrogens is 326 g/mol. The highest BCUT2D eigenvalue weighted by atomic mass is 16.2. The molecule has 26 heavy (non-hydrogen) atoms. The molecule has 6 heteroatoms. The van der Waals surface area contributed by atoms with Crippen LogP contribution in [0.3, 0.4) is 0 Å². The molecule has 3 aromatic rings. The molecule has 0 radical (unpaired) electrons. The zero-order valence-corrected chi connectivity index (χ0v) is 15.0. The minimum absolute atomic E-state index is 0.0494. The molecule has 134 valence electrons. The van der Waals surface area contributed by atoms with Crippen LogP contribution in [0.4, 0.5) is 0 Å². The summed E-state index contributed by atoms with van der Waals surface area (Å²) in [6, 6.07) is 10.1. The van der Waals surface area contributed by atoms with Gasteiger partial charge in [0.2, 0.25) is 0 Å². The van der Waals surface area contributed by atoms with Gasteiger partial charge in [-0.2, -0.15) is 5.10 Å². The quantitative estimate of drug-likeness (QED) is 0.790. The first-order chi connectivity index (χ1) is 12.7. The summed E-state index contributed by atoms with van der Waals surface area (Å²) in [6.45, 7) is 1.50. The van der Waals surface area contributed by atoms with Gasteiger partial charge in [-0.3, -0.25) is 9.48 Å². The number of carbonyl (C=O) groups excluding carboxylic acids is 1. The maximum Gasteiger partial charge on any atom is 0.274 e. The summed E-state index contributed by atoms with van der Waals surface area (Å²) < 4.78 is 1.88. The highest BCUT2D eigenvalue weighted by Crippen LogP contribution is 2.40. The SMILES string of the molecule is Cn1nc(C(=O)N2CCCC(c3nc4ccccc4[nH]3)C2)cc1C1CC1. The van der Waals surface area contributed by atoms with Gasteiger partial charge in [0.15, 0.2) is 5.69 Å². The number of rotatable bonds is 3. The molecule has 5 rings (SSSR count). The Morgan fingerprint density at radius 3 is 2.85 bits per heavy atom. The number of imidazole rings is 1. The van der Waals surface area contributed by atoms with Crippen molar-refractivity contribution in [2.24, 2.45) is 7.05 Å². The number of hydrogen-bond acceptors (Lipinski definition) is 3. The van der Waals surface area contributed by atoms with Crippen LogP contribution >= 0.6 is 0 Å². The summed E-state index contributed by atoms with van der Waals surface area (Å²) in [5.74, 6) is 1.89. The lowest BCUT2D eigenvalue weighted by Crippen LogP contribution is -2.39. The molecule has 1 atom stereocenters. The van der Waals surface area contributed by atoms with E-state index in [2.05, 4.69) is 10.1 Å². The van der Waals surface area contributed by atoms with E-state index >= 15 is 0 Å². The van der Waals surface area contributed by atoms with Gasteiger partial charge in [-0.25, -0.2) is 4.98 Å². The van der Waals surface area contributed by atoms with Gasteiger partial charge >= 0.3 is 0 Å². The summed E-state index contributed by atoms with van der Waals surface area (Å²) in [6.07, 6.45) is 4.48. The van der Waals surface area contributed by atoms with Crippen molar-refractivity contribution < 1.29 is 4.79 Å². The zero-order valence-electron chi connectivity index (χ0n) is 15.0. The van der Waals surface area contributed by atoms with Crippen molar-refractivity contribution in [2.45, 2.75) is 37.5 Å². The number of nitrogens with one attached hydrogen (secondary N) is 1. The Bertz CT molecular complexity index is 935. The molecule has 1 aliphatic heterocycles. The van der Waals surface area contributed by atoms with Crippen LogP contribution in [-0.4, -0.2) is 43.6 Å². The first-order valence-electron chi connectivity index (χ1n) is 9.47. The minimum atomic E-state index is 0.0494. The summed E-state index contributed by atoms with van der Waals surface area (Å²) in [5, 5.41) is 4.48. The molecule has 0 bridgehead atoms. The molecule has 6 nitrogen and oxygen atoms in total. The van der Waals surface area contributed by atoms with Gasteiger partial charge in [-0.15, -0.1) is 0 Å². The largest absolute Gasteiger partial charge is 0.342 e. The Hall–Kier alpha value is -2.63.